The lowest BCUT2D eigenvalue weighted by atomic mass is 10.2. The highest BCUT2D eigenvalue weighted by molar-refractivity contribution is 7.09. The van der Waals surface area contributed by atoms with Gasteiger partial charge in [-0.15, -0.1) is 11.3 Å². The van der Waals surface area contributed by atoms with Gasteiger partial charge in [0.25, 0.3) is 5.91 Å². The van der Waals surface area contributed by atoms with E-state index < -0.39 is 0 Å². The van der Waals surface area contributed by atoms with Crippen molar-refractivity contribution in [1.82, 2.24) is 10.3 Å². The Morgan fingerprint density at radius 2 is 2.32 bits per heavy atom. The number of thiazole rings is 1. The number of benzene rings is 1. The quantitative estimate of drug-likeness (QED) is 0.822. The van der Waals surface area contributed by atoms with Gasteiger partial charge in [0, 0.05) is 11.9 Å². The number of aromatic nitrogens is 1. The van der Waals surface area contributed by atoms with E-state index in [1.165, 1.54) is 11.3 Å². The minimum Gasteiger partial charge on any atom is -0.489 e. The first-order chi connectivity index (χ1) is 10.6. The van der Waals surface area contributed by atoms with Crippen molar-refractivity contribution in [2.45, 2.75) is 32.9 Å². The number of carbonyl (C=O) groups is 1. The van der Waals surface area contributed by atoms with Gasteiger partial charge in [-0.1, -0.05) is 19.1 Å². The number of aryl methyl sites for hydroxylation is 1. The fourth-order valence-corrected chi connectivity index (χ4v) is 2.61. The zero-order chi connectivity index (χ0) is 15.9. The Bertz CT molecular complexity index is 627. The molecule has 0 radical (unpaired) electrons. The van der Waals surface area contributed by atoms with Crippen LogP contribution in [0.2, 0.25) is 0 Å². The van der Waals surface area contributed by atoms with Crippen molar-refractivity contribution >= 4 is 17.2 Å². The van der Waals surface area contributed by atoms with Crippen LogP contribution < -0.4 is 15.8 Å². The van der Waals surface area contributed by atoms with Crippen LogP contribution in [0.3, 0.4) is 0 Å². The molecule has 0 spiro atoms. The van der Waals surface area contributed by atoms with E-state index >= 15 is 0 Å². The predicted octanol–water partition coefficient (Wildman–Crippen LogP) is 2.50. The van der Waals surface area contributed by atoms with E-state index in [-0.39, 0.29) is 12.0 Å². The number of nitrogens with zero attached hydrogens (tertiary/aromatic N) is 1. The zero-order valence-corrected chi connectivity index (χ0v) is 13.7. The highest BCUT2D eigenvalue weighted by atomic mass is 32.1. The molecule has 0 saturated carbocycles. The zero-order valence-electron chi connectivity index (χ0n) is 12.8. The Kier molecular flexibility index (Phi) is 5.91. The average Bonchev–Trinajstić information content (AvgIpc) is 3.00. The summed E-state index contributed by atoms with van der Waals surface area (Å²) in [6.07, 6.45) is 0.734. The molecule has 6 heteroatoms. The Balaban J connectivity index is 1.89. The molecule has 22 heavy (non-hydrogen) atoms. The molecule has 0 aliphatic carbocycles. The third-order valence-electron chi connectivity index (χ3n) is 3.20. The maximum Gasteiger partial charge on any atom is 0.270 e. The number of hydrogen-bond acceptors (Lipinski definition) is 5. The fourth-order valence-electron chi connectivity index (χ4n) is 1.96. The van der Waals surface area contributed by atoms with Crippen molar-refractivity contribution in [3.8, 4) is 5.75 Å². The number of rotatable bonds is 7. The largest absolute Gasteiger partial charge is 0.489 e. The molecule has 1 aromatic heterocycles. The van der Waals surface area contributed by atoms with Gasteiger partial charge in [0.05, 0.1) is 6.54 Å². The van der Waals surface area contributed by atoms with Crippen molar-refractivity contribution in [3.63, 3.8) is 0 Å². The fraction of sp³-hybridized carbons (Fsp3) is 0.375. The van der Waals surface area contributed by atoms with Crippen LogP contribution in [0.15, 0.2) is 29.6 Å². The molecule has 1 amide bonds. The number of nitrogens with two attached hydrogens (primary N) is 1. The summed E-state index contributed by atoms with van der Waals surface area (Å²) < 4.78 is 5.90. The molecule has 2 rings (SSSR count). The topological polar surface area (TPSA) is 77.2 Å². The molecule has 0 aliphatic heterocycles. The summed E-state index contributed by atoms with van der Waals surface area (Å²) in [5.74, 6) is 0.627. The Morgan fingerprint density at radius 3 is 2.95 bits per heavy atom. The third kappa shape index (κ3) is 4.54. The molecule has 1 atom stereocenters. The second-order valence-corrected chi connectivity index (χ2v) is 5.95. The monoisotopic (exact) mass is 319 g/mol. The number of nitrogens with one attached hydrogen (secondary N) is 1. The van der Waals surface area contributed by atoms with Crippen molar-refractivity contribution in [3.05, 3.63) is 45.9 Å². The molecule has 0 aliphatic rings. The highest BCUT2D eigenvalue weighted by Crippen LogP contribution is 2.15. The van der Waals surface area contributed by atoms with Crippen LogP contribution in [0.1, 0.15) is 34.4 Å². The van der Waals surface area contributed by atoms with E-state index in [2.05, 4.69) is 10.3 Å². The van der Waals surface area contributed by atoms with Gasteiger partial charge >= 0.3 is 0 Å². The molecule has 0 fully saturated rings. The van der Waals surface area contributed by atoms with Crippen molar-refractivity contribution in [1.29, 1.82) is 0 Å². The van der Waals surface area contributed by atoms with Crippen LogP contribution in [0.25, 0.3) is 0 Å². The van der Waals surface area contributed by atoms with Gasteiger partial charge in [-0.25, -0.2) is 4.98 Å². The number of amides is 1. The molecule has 0 saturated heterocycles. The average molecular weight is 319 g/mol. The van der Waals surface area contributed by atoms with E-state index in [0.717, 1.165) is 22.7 Å². The molecule has 3 N–H and O–H groups in total. The van der Waals surface area contributed by atoms with Crippen LogP contribution in [-0.2, 0) is 6.54 Å². The number of ether oxygens (including phenoxy) is 1. The summed E-state index contributed by atoms with van der Waals surface area (Å²) >= 11 is 1.39. The summed E-state index contributed by atoms with van der Waals surface area (Å²) in [5.41, 5.74) is 7.06. The second kappa shape index (κ2) is 7.91. The number of hydrogen-bond donors (Lipinski definition) is 2. The summed E-state index contributed by atoms with van der Waals surface area (Å²) in [7, 11) is 0. The van der Waals surface area contributed by atoms with E-state index in [9.17, 15) is 4.79 Å². The minimum atomic E-state index is -0.192. The van der Waals surface area contributed by atoms with Gasteiger partial charge in [-0.05, 0) is 31.0 Å². The normalized spacial score (nSPS) is 12.0. The summed E-state index contributed by atoms with van der Waals surface area (Å²) in [4.78, 5) is 16.2. The van der Waals surface area contributed by atoms with Gasteiger partial charge in [0.1, 0.15) is 22.6 Å². The smallest absolute Gasteiger partial charge is 0.270 e. The first-order valence-corrected chi connectivity index (χ1v) is 8.16. The maximum absolute atomic E-state index is 12.0. The molecule has 1 unspecified atom stereocenters. The van der Waals surface area contributed by atoms with E-state index in [4.69, 9.17) is 10.5 Å². The molecule has 1 aromatic carbocycles. The molecule has 0 bridgehead atoms. The molecule has 1 heterocycles. The van der Waals surface area contributed by atoms with Gasteiger partial charge in [-0.3, -0.25) is 4.79 Å². The van der Waals surface area contributed by atoms with Crippen LogP contribution in [-0.4, -0.2) is 23.5 Å². The Hall–Kier alpha value is -1.92. The molecular formula is C16H21N3O2S. The summed E-state index contributed by atoms with van der Waals surface area (Å²) in [6.45, 7) is 4.85. The summed E-state index contributed by atoms with van der Waals surface area (Å²) in [5, 5.41) is 5.34. The molecule has 118 valence electrons. The maximum atomic E-state index is 12.0. The SMILES string of the molecule is CCC(CNC(=O)c1csc(CN)n1)Oc1cccc(C)c1. The first-order valence-electron chi connectivity index (χ1n) is 7.28. The van der Waals surface area contributed by atoms with Crippen LogP contribution in [0, 0.1) is 6.92 Å². The molecule has 2 aromatic rings. The van der Waals surface area contributed by atoms with E-state index in [0.29, 0.717) is 18.8 Å². The minimum absolute atomic E-state index is 0.0710. The lowest BCUT2D eigenvalue weighted by Crippen LogP contribution is -2.35. The van der Waals surface area contributed by atoms with Gasteiger partial charge in [-0.2, -0.15) is 0 Å². The van der Waals surface area contributed by atoms with Gasteiger partial charge in [0.15, 0.2) is 0 Å². The highest BCUT2D eigenvalue weighted by Gasteiger charge is 2.14. The predicted molar refractivity (Wildman–Crippen MR) is 88.2 cm³/mol. The molecule has 5 nitrogen and oxygen atoms in total. The van der Waals surface area contributed by atoms with Crippen molar-refractivity contribution < 1.29 is 9.53 Å². The van der Waals surface area contributed by atoms with Crippen LogP contribution >= 0.6 is 11.3 Å². The van der Waals surface area contributed by atoms with Crippen LogP contribution in [0.5, 0.6) is 5.75 Å². The van der Waals surface area contributed by atoms with Crippen molar-refractivity contribution in [2.24, 2.45) is 5.73 Å². The number of carbonyl (C=O) groups excluding carboxylic acids is 1. The first kappa shape index (κ1) is 16.5. The standard InChI is InChI=1S/C16H21N3O2S/c1-3-12(21-13-6-4-5-11(2)7-13)9-18-16(20)14-10-22-15(8-17)19-14/h4-7,10,12H,3,8-9,17H2,1-2H3,(H,18,20). The molecular weight excluding hydrogens is 298 g/mol. The third-order valence-corrected chi connectivity index (χ3v) is 4.07. The van der Waals surface area contributed by atoms with Crippen LogP contribution in [0.4, 0.5) is 0 Å². The van der Waals surface area contributed by atoms with Crippen molar-refractivity contribution in [2.75, 3.05) is 6.54 Å². The van der Waals surface area contributed by atoms with Gasteiger partial charge < -0.3 is 15.8 Å². The Morgan fingerprint density at radius 1 is 1.50 bits per heavy atom. The van der Waals surface area contributed by atoms with E-state index in [1.54, 1.807) is 5.38 Å². The Labute approximate surface area is 134 Å². The lowest BCUT2D eigenvalue weighted by Gasteiger charge is -2.18. The van der Waals surface area contributed by atoms with Gasteiger partial charge in [0.2, 0.25) is 0 Å². The second-order valence-electron chi connectivity index (χ2n) is 5.01. The summed E-state index contributed by atoms with van der Waals surface area (Å²) in [6, 6.07) is 7.89. The lowest BCUT2D eigenvalue weighted by molar-refractivity contribution is 0.0921. The van der Waals surface area contributed by atoms with E-state index in [1.807, 2.05) is 38.1 Å².